The van der Waals surface area contributed by atoms with E-state index in [-0.39, 0.29) is 6.61 Å². The number of rotatable bonds is 3. The Balaban J connectivity index is 2.01. The van der Waals surface area contributed by atoms with Crippen molar-refractivity contribution in [3.8, 4) is 11.8 Å². The van der Waals surface area contributed by atoms with E-state index in [1.165, 1.54) is 17.1 Å². The van der Waals surface area contributed by atoms with Crippen LogP contribution >= 0.6 is 23.3 Å². The molecule has 1 aromatic carbocycles. The fourth-order valence-electron chi connectivity index (χ4n) is 1.25. The van der Waals surface area contributed by atoms with Gasteiger partial charge in [-0.2, -0.15) is 4.37 Å². The number of aromatic nitrogens is 2. The Morgan fingerprint density at radius 2 is 2.35 bits per heavy atom. The van der Waals surface area contributed by atoms with Crippen LogP contribution < -0.4 is 0 Å². The summed E-state index contributed by atoms with van der Waals surface area (Å²) in [5, 5.41) is 8.63. The molecule has 0 unspecified atom stereocenters. The van der Waals surface area contributed by atoms with Gasteiger partial charge in [-0.25, -0.2) is 4.98 Å². The van der Waals surface area contributed by atoms with Gasteiger partial charge in [0.15, 0.2) is 4.34 Å². The van der Waals surface area contributed by atoms with Crippen molar-refractivity contribution in [3.05, 3.63) is 41.7 Å². The molecule has 86 valence electrons. The van der Waals surface area contributed by atoms with E-state index in [1.807, 2.05) is 18.2 Å². The zero-order valence-electron chi connectivity index (χ0n) is 8.96. The minimum Gasteiger partial charge on any atom is -0.384 e. The van der Waals surface area contributed by atoms with Crippen LogP contribution in [0, 0.1) is 11.8 Å². The van der Waals surface area contributed by atoms with E-state index in [0.29, 0.717) is 0 Å². The first-order valence-electron chi connectivity index (χ1n) is 4.96. The van der Waals surface area contributed by atoms with Crippen LogP contribution in [-0.2, 0) is 5.75 Å². The number of thioether (sulfide) groups is 1. The van der Waals surface area contributed by atoms with Crippen LogP contribution in [0.2, 0.25) is 0 Å². The molecule has 1 heterocycles. The quantitative estimate of drug-likeness (QED) is 0.680. The van der Waals surface area contributed by atoms with Crippen molar-refractivity contribution in [2.75, 3.05) is 6.61 Å². The van der Waals surface area contributed by atoms with E-state index >= 15 is 0 Å². The second kappa shape index (κ2) is 6.40. The number of nitrogens with zero attached hydrogens (tertiary/aromatic N) is 2. The smallest absolute Gasteiger partial charge is 0.170 e. The molecular formula is C12H10N2OS2. The normalized spacial score (nSPS) is 9.71. The topological polar surface area (TPSA) is 46.0 Å². The van der Waals surface area contributed by atoms with E-state index in [1.54, 1.807) is 18.1 Å². The highest BCUT2D eigenvalue weighted by Gasteiger charge is 1.99. The predicted octanol–water partition coefficient (Wildman–Crippen LogP) is 2.17. The summed E-state index contributed by atoms with van der Waals surface area (Å²) in [4.78, 5) is 4.11. The van der Waals surface area contributed by atoms with Gasteiger partial charge in [-0.15, -0.1) is 0 Å². The summed E-state index contributed by atoms with van der Waals surface area (Å²) in [6, 6.07) is 7.98. The molecule has 5 heteroatoms. The lowest BCUT2D eigenvalue weighted by molar-refractivity contribution is 0.350. The Morgan fingerprint density at radius 1 is 1.41 bits per heavy atom. The number of hydrogen-bond acceptors (Lipinski definition) is 5. The lowest BCUT2D eigenvalue weighted by Crippen LogP contribution is -1.83. The number of hydrogen-bond donors (Lipinski definition) is 1. The van der Waals surface area contributed by atoms with E-state index in [4.69, 9.17) is 5.11 Å². The summed E-state index contributed by atoms with van der Waals surface area (Å²) < 4.78 is 4.92. The van der Waals surface area contributed by atoms with E-state index < -0.39 is 0 Å². The van der Waals surface area contributed by atoms with Crippen molar-refractivity contribution in [3.63, 3.8) is 0 Å². The third kappa shape index (κ3) is 3.86. The molecule has 3 nitrogen and oxygen atoms in total. The van der Waals surface area contributed by atoms with Crippen molar-refractivity contribution in [1.29, 1.82) is 0 Å². The Morgan fingerprint density at radius 3 is 3.12 bits per heavy atom. The first-order chi connectivity index (χ1) is 8.38. The SMILES string of the molecule is OCC#Cc1cccc(CSc2ncns2)c1. The van der Waals surface area contributed by atoms with Gasteiger partial charge in [0.2, 0.25) is 0 Å². The standard InChI is InChI=1S/C12H10N2OS2/c15-6-2-5-10-3-1-4-11(7-10)8-16-12-13-9-14-17-12/h1,3-4,7,9,15H,6,8H2. The zero-order valence-corrected chi connectivity index (χ0v) is 10.6. The molecule has 0 aliphatic rings. The summed E-state index contributed by atoms with van der Waals surface area (Å²) in [6.45, 7) is -0.107. The first-order valence-corrected chi connectivity index (χ1v) is 6.72. The van der Waals surface area contributed by atoms with Crippen LogP contribution in [-0.4, -0.2) is 21.1 Å². The number of aliphatic hydroxyl groups is 1. The summed E-state index contributed by atoms with van der Waals surface area (Å²) in [5.41, 5.74) is 2.12. The molecule has 2 aromatic rings. The second-order valence-electron chi connectivity index (χ2n) is 3.16. The second-order valence-corrected chi connectivity index (χ2v) is 5.16. The van der Waals surface area contributed by atoms with Crippen LogP contribution in [0.5, 0.6) is 0 Å². The van der Waals surface area contributed by atoms with Crippen LogP contribution in [0.15, 0.2) is 34.9 Å². The van der Waals surface area contributed by atoms with Crippen molar-refractivity contribution < 1.29 is 5.11 Å². The maximum atomic E-state index is 8.63. The molecular weight excluding hydrogens is 252 g/mol. The molecule has 0 atom stereocenters. The van der Waals surface area contributed by atoms with Gasteiger partial charge < -0.3 is 5.11 Å². The maximum Gasteiger partial charge on any atom is 0.170 e. The molecule has 17 heavy (non-hydrogen) atoms. The van der Waals surface area contributed by atoms with Gasteiger partial charge in [0.05, 0.1) is 0 Å². The summed E-state index contributed by atoms with van der Waals surface area (Å²) in [7, 11) is 0. The minimum absolute atomic E-state index is 0.107. The van der Waals surface area contributed by atoms with Crippen molar-refractivity contribution in [1.82, 2.24) is 9.36 Å². The lowest BCUT2D eigenvalue weighted by atomic mass is 10.1. The molecule has 0 spiro atoms. The van der Waals surface area contributed by atoms with Gasteiger partial charge in [0.1, 0.15) is 12.9 Å². The monoisotopic (exact) mass is 262 g/mol. The Bertz CT molecular complexity index is 529. The Kier molecular flexibility index (Phi) is 4.56. The fraction of sp³-hybridized carbons (Fsp3) is 0.167. The molecule has 2 rings (SSSR count). The molecule has 0 amide bonds. The molecule has 0 saturated heterocycles. The highest BCUT2D eigenvalue weighted by molar-refractivity contribution is 8.00. The minimum atomic E-state index is -0.107. The van der Waals surface area contributed by atoms with Crippen LogP contribution in [0.1, 0.15) is 11.1 Å². The van der Waals surface area contributed by atoms with Gasteiger partial charge in [-0.05, 0) is 29.2 Å². The molecule has 1 N–H and O–H groups in total. The fourth-order valence-corrected chi connectivity index (χ4v) is 2.64. The molecule has 0 aliphatic heterocycles. The van der Waals surface area contributed by atoms with Crippen molar-refractivity contribution >= 4 is 23.3 Å². The molecule has 0 aliphatic carbocycles. The molecule has 1 aromatic heterocycles. The third-order valence-electron chi connectivity index (χ3n) is 1.94. The maximum absolute atomic E-state index is 8.63. The largest absolute Gasteiger partial charge is 0.384 e. The average Bonchev–Trinajstić information content (AvgIpc) is 2.87. The average molecular weight is 262 g/mol. The summed E-state index contributed by atoms with van der Waals surface area (Å²) in [5.74, 6) is 6.38. The van der Waals surface area contributed by atoms with Crippen LogP contribution in [0.25, 0.3) is 0 Å². The van der Waals surface area contributed by atoms with Crippen molar-refractivity contribution in [2.24, 2.45) is 0 Å². The first kappa shape index (κ1) is 12.1. The molecule has 0 radical (unpaired) electrons. The van der Waals surface area contributed by atoms with Crippen LogP contribution in [0.3, 0.4) is 0 Å². The van der Waals surface area contributed by atoms with E-state index in [0.717, 1.165) is 15.7 Å². The van der Waals surface area contributed by atoms with E-state index in [9.17, 15) is 0 Å². The van der Waals surface area contributed by atoms with Crippen LogP contribution in [0.4, 0.5) is 0 Å². The Labute approximate surface area is 108 Å². The van der Waals surface area contributed by atoms with E-state index in [2.05, 4.69) is 27.3 Å². The highest BCUT2D eigenvalue weighted by atomic mass is 32.2. The predicted molar refractivity (Wildman–Crippen MR) is 69.9 cm³/mol. The lowest BCUT2D eigenvalue weighted by Gasteiger charge is -1.99. The number of aliphatic hydroxyl groups excluding tert-OH is 1. The van der Waals surface area contributed by atoms with Gasteiger partial charge in [0.25, 0.3) is 0 Å². The zero-order chi connectivity index (χ0) is 11.9. The molecule has 0 saturated carbocycles. The Hall–Kier alpha value is -1.35. The van der Waals surface area contributed by atoms with Gasteiger partial charge >= 0.3 is 0 Å². The third-order valence-corrected chi connectivity index (χ3v) is 3.81. The van der Waals surface area contributed by atoms with Gasteiger partial charge in [0, 0.05) is 11.3 Å². The van der Waals surface area contributed by atoms with Crippen molar-refractivity contribution in [2.45, 2.75) is 10.1 Å². The summed E-state index contributed by atoms with van der Waals surface area (Å²) in [6.07, 6.45) is 1.57. The van der Waals surface area contributed by atoms with Gasteiger partial charge in [-0.3, -0.25) is 0 Å². The summed E-state index contributed by atoms with van der Waals surface area (Å²) >= 11 is 3.06. The molecule has 0 bridgehead atoms. The highest BCUT2D eigenvalue weighted by Crippen LogP contribution is 2.23. The van der Waals surface area contributed by atoms with Gasteiger partial charge in [-0.1, -0.05) is 35.7 Å². The molecule has 0 fully saturated rings. The number of benzene rings is 1.